The lowest BCUT2D eigenvalue weighted by atomic mass is 10.1. The minimum Gasteiger partial charge on any atom is -0.495 e. The van der Waals surface area contributed by atoms with Crippen LogP contribution in [-0.4, -0.2) is 39.5 Å². The van der Waals surface area contributed by atoms with Crippen LogP contribution < -0.4 is 4.74 Å². The fourth-order valence-electron chi connectivity index (χ4n) is 3.25. The quantitative estimate of drug-likeness (QED) is 0.683. The van der Waals surface area contributed by atoms with E-state index in [9.17, 15) is 8.42 Å². The molecule has 7 heteroatoms. The van der Waals surface area contributed by atoms with Gasteiger partial charge in [0.1, 0.15) is 10.6 Å². The number of hydrogen-bond donors (Lipinski definition) is 0. The van der Waals surface area contributed by atoms with Crippen molar-refractivity contribution in [1.29, 1.82) is 0 Å². The third kappa shape index (κ3) is 3.01. The second-order valence-electron chi connectivity index (χ2n) is 6.06. The molecule has 0 bridgehead atoms. The van der Waals surface area contributed by atoms with Crippen LogP contribution in [0.1, 0.15) is 11.7 Å². The molecule has 2 heterocycles. The van der Waals surface area contributed by atoms with Gasteiger partial charge in [-0.1, -0.05) is 30.3 Å². The molecule has 0 N–H and O–H groups in total. The van der Waals surface area contributed by atoms with Crippen LogP contribution in [0.25, 0.3) is 10.1 Å². The molecule has 5 nitrogen and oxygen atoms in total. The number of thiophene rings is 1. The van der Waals surface area contributed by atoms with Crippen molar-refractivity contribution in [2.75, 3.05) is 26.8 Å². The summed E-state index contributed by atoms with van der Waals surface area (Å²) in [5, 5.41) is 3.19. The first-order valence-electron chi connectivity index (χ1n) is 8.32. The molecule has 4 rings (SSSR count). The van der Waals surface area contributed by atoms with E-state index >= 15 is 0 Å². The molecule has 0 radical (unpaired) electrons. The zero-order chi connectivity index (χ0) is 18.1. The number of nitrogens with zero attached hydrogens (tertiary/aromatic N) is 1. The van der Waals surface area contributed by atoms with Crippen molar-refractivity contribution in [3.05, 3.63) is 59.5 Å². The molecule has 1 fully saturated rings. The zero-order valence-electron chi connectivity index (χ0n) is 14.3. The summed E-state index contributed by atoms with van der Waals surface area (Å²) >= 11 is 1.65. The highest BCUT2D eigenvalue weighted by molar-refractivity contribution is 7.89. The Balaban J connectivity index is 1.66. The maximum absolute atomic E-state index is 13.1. The summed E-state index contributed by atoms with van der Waals surface area (Å²) in [6, 6.07) is 14.8. The van der Waals surface area contributed by atoms with Crippen molar-refractivity contribution in [2.24, 2.45) is 0 Å². The molecule has 0 saturated carbocycles. The second kappa shape index (κ2) is 7.00. The Labute approximate surface area is 156 Å². The first-order valence-corrected chi connectivity index (χ1v) is 10.6. The van der Waals surface area contributed by atoms with Gasteiger partial charge in [-0.15, -0.1) is 11.3 Å². The zero-order valence-corrected chi connectivity index (χ0v) is 15.9. The fraction of sp³-hybridized carbons (Fsp3) is 0.263. The third-order valence-corrected chi connectivity index (χ3v) is 7.46. The third-order valence-electron chi connectivity index (χ3n) is 4.57. The van der Waals surface area contributed by atoms with Crippen LogP contribution in [0.2, 0.25) is 0 Å². The van der Waals surface area contributed by atoms with Gasteiger partial charge < -0.3 is 9.47 Å². The van der Waals surface area contributed by atoms with E-state index in [0.29, 0.717) is 25.4 Å². The van der Waals surface area contributed by atoms with Crippen molar-refractivity contribution < 1.29 is 17.9 Å². The van der Waals surface area contributed by atoms with Crippen molar-refractivity contribution >= 4 is 31.4 Å². The summed E-state index contributed by atoms with van der Waals surface area (Å²) in [5.74, 6) is 0.358. The number of rotatable bonds is 4. The van der Waals surface area contributed by atoms with Crippen LogP contribution in [0.4, 0.5) is 0 Å². The minimum atomic E-state index is -3.65. The lowest BCUT2D eigenvalue weighted by Crippen LogP contribution is -2.42. The average Bonchev–Trinajstić information content (AvgIpc) is 3.12. The summed E-state index contributed by atoms with van der Waals surface area (Å²) in [5.41, 5.74) is 1.05. The summed E-state index contributed by atoms with van der Waals surface area (Å²) in [6.07, 6.45) is -0.274. The summed E-state index contributed by atoms with van der Waals surface area (Å²) in [6.45, 7) is 0.989. The van der Waals surface area contributed by atoms with Gasteiger partial charge in [0, 0.05) is 23.4 Å². The van der Waals surface area contributed by atoms with E-state index in [4.69, 9.17) is 9.47 Å². The van der Waals surface area contributed by atoms with Crippen molar-refractivity contribution in [3.63, 3.8) is 0 Å². The highest BCUT2D eigenvalue weighted by atomic mass is 32.2. The molecular weight excluding hydrogens is 370 g/mol. The van der Waals surface area contributed by atoms with Gasteiger partial charge in [-0.2, -0.15) is 4.31 Å². The molecule has 2 aromatic carbocycles. The molecule has 0 spiro atoms. The molecule has 1 aromatic heterocycles. The van der Waals surface area contributed by atoms with Crippen molar-refractivity contribution in [2.45, 2.75) is 11.0 Å². The van der Waals surface area contributed by atoms with Gasteiger partial charge in [-0.05, 0) is 29.0 Å². The summed E-state index contributed by atoms with van der Waals surface area (Å²) in [7, 11) is -2.17. The van der Waals surface area contributed by atoms with Gasteiger partial charge in [0.15, 0.2) is 0 Å². The van der Waals surface area contributed by atoms with Crippen molar-refractivity contribution in [3.8, 4) is 5.75 Å². The number of benzene rings is 2. The predicted octanol–water partition coefficient (Wildman–Crippen LogP) is 3.67. The number of hydrogen-bond acceptors (Lipinski definition) is 5. The summed E-state index contributed by atoms with van der Waals surface area (Å²) < 4.78 is 40.1. The van der Waals surface area contributed by atoms with E-state index in [-0.39, 0.29) is 11.0 Å². The van der Waals surface area contributed by atoms with Gasteiger partial charge >= 0.3 is 0 Å². The van der Waals surface area contributed by atoms with E-state index in [1.54, 1.807) is 35.6 Å². The molecule has 136 valence electrons. The Morgan fingerprint density at radius 3 is 2.77 bits per heavy atom. The Morgan fingerprint density at radius 2 is 1.92 bits per heavy atom. The number of sulfonamides is 1. The Morgan fingerprint density at radius 1 is 1.15 bits per heavy atom. The minimum absolute atomic E-state index is 0.193. The van der Waals surface area contributed by atoms with Crippen LogP contribution in [0, 0.1) is 0 Å². The SMILES string of the molecule is COc1ccccc1S(=O)(=O)N1CCO[C@H](c2csc3ccccc23)C1. The molecule has 0 aliphatic carbocycles. The molecule has 3 aromatic rings. The molecule has 1 aliphatic heterocycles. The Bertz CT molecular complexity index is 1030. The van der Waals surface area contributed by atoms with E-state index < -0.39 is 10.0 Å². The van der Waals surface area contributed by atoms with Crippen LogP contribution >= 0.6 is 11.3 Å². The molecule has 0 amide bonds. The van der Waals surface area contributed by atoms with Gasteiger partial charge in [0.2, 0.25) is 10.0 Å². The first-order chi connectivity index (χ1) is 12.6. The lowest BCUT2D eigenvalue weighted by molar-refractivity contribution is -0.00158. The van der Waals surface area contributed by atoms with Crippen LogP contribution in [0.3, 0.4) is 0 Å². The van der Waals surface area contributed by atoms with E-state index in [1.165, 1.54) is 16.1 Å². The predicted molar refractivity (Wildman–Crippen MR) is 102 cm³/mol. The van der Waals surface area contributed by atoms with E-state index in [0.717, 1.165) is 10.9 Å². The normalized spacial score (nSPS) is 18.9. The smallest absolute Gasteiger partial charge is 0.246 e. The van der Waals surface area contributed by atoms with Crippen molar-refractivity contribution in [1.82, 2.24) is 4.31 Å². The maximum atomic E-state index is 13.1. The number of ether oxygens (including phenoxy) is 2. The standard InChI is InChI=1S/C19H19NO4S2/c1-23-16-7-3-5-9-19(16)26(21,22)20-10-11-24-17(12-20)15-13-25-18-8-4-2-6-14(15)18/h2-9,13,17H,10-12H2,1H3/t17-/m0/s1. The molecule has 1 saturated heterocycles. The molecular formula is C19H19NO4S2. The highest BCUT2D eigenvalue weighted by Gasteiger charge is 2.34. The first kappa shape index (κ1) is 17.5. The molecule has 26 heavy (non-hydrogen) atoms. The van der Waals surface area contributed by atoms with Crippen LogP contribution in [-0.2, 0) is 14.8 Å². The number of morpholine rings is 1. The van der Waals surface area contributed by atoms with Crippen LogP contribution in [0.15, 0.2) is 58.8 Å². The largest absolute Gasteiger partial charge is 0.495 e. The number of methoxy groups -OCH3 is 1. The molecule has 1 atom stereocenters. The Kier molecular flexibility index (Phi) is 4.71. The maximum Gasteiger partial charge on any atom is 0.246 e. The molecule has 1 aliphatic rings. The van der Waals surface area contributed by atoms with E-state index in [1.807, 2.05) is 12.1 Å². The molecule has 0 unspecified atom stereocenters. The Hall–Kier alpha value is -1.93. The van der Waals surface area contributed by atoms with Gasteiger partial charge in [0.25, 0.3) is 0 Å². The van der Waals surface area contributed by atoms with Crippen LogP contribution in [0.5, 0.6) is 5.75 Å². The van der Waals surface area contributed by atoms with Gasteiger partial charge in [0.05, 0.1) is 19.8 Å². The fourth-order valence-corrected chi connectivity index (χ4v) is 5.83. The average molecular weight is 389 g/mol. The van der Waals surface area contributed by atoms with Gasteiger partial charge in [-0.25, -0.2) is 8.42 Å². The second-order valence-corrected chi connectivity index (χ2v) is 8.88. The topological polar surface area (TPSA) is 55.8 Å². The van der Waals surface area contributed by atoms with Gasteiger partial charge in [-0.3, -0.25) is 0 Å². The number of fused-ring (bicyclic) bond motifs is 1. The highest BCUT2D eigenvalue weighted by Crippen LogP contribution is 2.35. The lowest BCUT2D eigenvalue weighted by Gasteiger charge is -2.32. The summed E-state index contributed by atoms with van der Waals surface area (Å²) in [4.78, 5) is 0.193. The number of para-hydroxylation sites is 1. The van der Waals surface area contributed by atoms with E-state index in [2.05, 4.69) is 17.5 Å². The monoisotopic (exact) mass is 389 g/mol.